The standard InChI is InChI=1S/C16H24N4O2S/c1-6-7-12-8-13(21)19-15(18-12)23-11(4)14(22)20-16(5,9-17)10(2)3/h8,10-11H,6-7H2,1-5H3,(H,20,22)(H,18,19,21). The van der Waals surface area contributed by atoms with Gasteiger partial charge < -0.3 is 10.3 Å². The minimum Gasteiger partial charge on any atom is -0.337 e. The van der Waals surface area contributed by atoms with Crippen LogP contribution >= 0.6 is 11.8 Å². The van der Waals surface area contributed by atoms with Crippen LogP contribution in [0.4, 0.5) is 0 Å². The molecule has 2 unspecified atom stereocenters. The molecule has 0 saturated heterocycles. The summed E-state index contributed by atoms with van der Waals surface area (Å²) < 4.78 is 0. The Labute approximate surface area is 141 Å². The second-order valence-corrected chi connectivity index (χ2v) is 7.34. The first-order valence-electron chi connectivity index (χ1n) is 7.72. The number of aromatic nitrogens is 2. The van der Waals surface area contributed by atoms with Crippen LogP contribution in [0.15, 0.2) is 16.0 Å². The lowest BCUT2D eigenvalue weighted by molar-refractivity contribution is -0.121. The van der Waals surface area contributed by atoms with Crippen LogP contribution in [0.3, 0.4) is 0 Å². The molecule has 1 aromatic heterocycles. The quantitative estimate of drug-likeness (QED) is 0.588. The smallest absolute Gasteiger partial charge is 0.251 e. The Morgan fingerprint density at radius 1 is 1.52 bits per heavy atom. The SMILES string of the molecule is CCCc1cc(=O)[nH]c(SC(C)C(=O)NC(C)(C#N)C(C)C)n1. The molecule has 0 fully saturated rings. The summed E-state index contributed by atoms with van der Waals surface area (Å²) in [7, 11) is 0. The molecule has 1 rings (SSSR count). The number of H-pyrrole nitrogens is 1. The maximum atomic E-state index is 12.3. The fourth-order valence-electron chi connectivity index (χ4n) is 1.80. The van der Waals surface area contributed by atoms with Gasteiger partial charge in [-0.05, 0) is 26.2 Å². The van der Waals surface area contributed by atoms with Gasteiger partial charge in [0.1, 0.15) is 5.54 Å². The molecule has 1 heterocycles. The number of hydrogen-bond acceptors (Lipinski definition) is 5. The topological polar surface area (TPSA) is 98.6 Å². The van der Waals surface area contributed by atoms with Gasteiger partial charge in [0.25, 0.3) is 5.56 Å². The summed E-state index contributed by atoms with van der Waals surface area (Å²) in [6.07, 6.45) is 1.61. The van der Waals surface area contributed by atoms with Crippen molar-refractivity contribution < 1.29 is 4.79 Å². The van der Waals surface area contributed by atoms with E-state index in [0.29, 0.717) is 5.16 Å². The van der Waals surface area contributed by atoms with Gasteiger partial charge in [-0.3, -0.25) is 9.59 Å². The van der Waals surface area contributed by atoms with Gasteiger partial charge in [0.15, 0.2) is 5.16 Å². The highest BCUT2D eigenvalue weighted by atomic mass is 32.2. The molecule has 2 N–H and O–H groups in total. The van der Waals surface area contributed by atoms with E-state index in [1.165, 1.54) is 17.8 Å². The number of carbonyl (C=O) groups is 1. The van der Waals surface area contributed by atoms with Crippen LogP contribution < -0.4 is 10.9 Å². The summed E-state index contributed by atoms with van der Waals surface area (Å²) in [5.74, 6) is -0.268. The zero-order chi connectivity index (χ0) is 17.6. The predicted octanol–water partition coefficient (Wildman–Crippen LogP) is 2.26. The second-order valence-electron chi connectivity index (χ2n) is 6.01. The molecule has 0 aromatic carbocycles. The third-order valence-corrected chi connectivity index (χ3v) is 4.69. The van der Waals surface area contributed by atoms with Crippen molar-refractivity contribution in [1.29, 1.82) is 5.26 Å². The van der Waals surface area contributed by atoms with Crippen molar-refractivity contribution >= 4 is 17.7 Å². The summed E-state index contributed by atoms with van der Waals surface area (Å²) in [5.41, 5.74) is -0.422. The minimum absolute atomic E-state index is 0.0144. The van der Waals surface area contributed by atoms with Crippen LogP contribution in [-0.2, 0) is 11.2 Å². The van der Waals surface area contributed by atoms with Crippen molar-refractivity contribution in [2.45, 2.75) is 63.4 Å². The fraction of sp³-hybridized carbons (Fsp3) is 0.625. The van der Waals surface area contributed by atoms with Gasteiger partial charge in [-0.2, -0.15) is 5.26 Å². The van der Waals surface area contributed by atoms with Crippen molar-refractivity contribution in [3.05, 3.63) is 22.1 Å². The van der Waals surface area contributed by atoms with Gasteiger partial charge in [-0.1, -0.05) is 39.0 Å². The van der Waals surface area contributed by atoms with Crippen LogP contribution in [0.2, 0.25) is 0 Å². The number of nitrogens with zero attached hydrogens (tertiary/aromatic N) is 2. The van der Waals surface area contributed by atoms with Crippen LogP contribution in [0.5, 0.6) is 0 Å². The Hall–Kier alpha value is -1.81. The first kappa shape index (κ1) is 19.2. The van der Waals surface area contributed by atoms with E-state index in [2.05, 4.69) is 21.4 Å². The molecular formula is C16H24N4O2S. The van der Waals surface area contributed by atoms with Crippen LogP contribution in [0.1, 0.15) is 46.7 Å². The number of amides is 1. The van der Waals surface area contributed by atoms with E-state index in [1.807, 2.05) is 20.8 Å². The van der Waals surface area contributed by atoms with Crippen molar-refractivity contribution in [2.75, 3.05) is 0 Å². The molecule has 7 heteroatoms. The van der Waals surface area contributed by atoms with E-state index >= 15 is 0 Å². The van der Waals surface area contributed by atoms with E-state index in [4.69, 9.17) is 0 Å². The van der Waals surface area contributed by atoms with E-state index in [9.17, 15) is 14.9 Å². The van der Waals surface area contributed by atoms with E-state index in [-0.39, 0.29) is 17.4 Å². The Balaban J connectivity index is 2.83. The molecule has 0 aliphatic rings. The van der Waals surface area contributed by atoms with Crippen molar-refractivity contribution in [1.82, 2.24) is 15.3 Å². The molecule has 23 heavy (non-hydrogen) atoms. The van der Waals surface area contributed by atoms with Gasteiger partial charge in [0.2, 0.25) is 5.91 Å². The van der Waals surface area contributed by atoms with Crippen molar-refractivity contribution in [3.63, 3.8) is 0 Å². The second kappa shape index (κ2) is 8.16. The number of aryl methyl sites for hydroxylation is 1. The van der Waals surface area contributed by atoms with Crippen molar-refractivity contribution in [3.8, 4) is 6.07 Å². The lowest BCUT2D eigenvalue weighted by Crippen LogP contribution is -2.51. The molecule has 126 valence electrons. The molecule has 0 radical (unpaired) electrons. The number of nitriles is 1. The molecule has 0 spiro atoms. The number of hydrogen-bond donors (Lipinski definition) is 2. The zero-order valence-corrected chi connectivity index (χ0v) is 15.1. The number of nitrogens with one attached hydrogen (secondary N) is 2. The number of rotatable bonds is 7. The van der Waals surface area contributed by atoms with Crippen LogP contribution in [-0.4, -0.2) is 26.7 Å². The number of thioether (sulfide) groups is 1. The highest BCUT2D eigenvalue weighted by Gasteiger charge is 2.32. The Morgan fingerprint density at radius 2 is 2.17 bits per heavy atom. The van der Waals surface area contributed by atoms with Crippen molar-refractivity contribution in [2.24, 2.45) is 5.92 Å². The van der Waals surface area contributed by atoms with Crippen LogP contribution in [0.25, 0.3) is 0 Å². The van der Waals surface area contributed by atoms with Gasteiger partial charge in [0, 0.05) is 11.8 Å². The van der Waals surface area contributed by atoms with Gasteiger partial charge in [-0.25, -0.2) is 4.98 Å². The molecule has 0 saturated carbocycles. The number of carbonyl (C=O) groups excluding carboxylic acids is 1. The lowest BCUT2D eigenvalue weighted by Gasteiger charge is -2.28. The van der Waals surface area contributed by atoms with Gasteiger partial charge in [-0.15, -0.1) is 0 Å². The van der Waals surface area contributed by atoms with Crippen LogP contribution in [0, 0.1) is 17.2 Å². The summed E-state index contributed by atoms with van der Waals surface area (Å²) in [4.78, 5) is 31.0. The highest BCUT2D eigenvalue weighted by molar-refractivity contribution is 8.00. The largest absolute Gasteiger partial charge is 0.337 e. The molecule has 1 amide bonds. The van der Waals surface area contributed by atoms with E-state index in [1.54, 1.807) is 13.8 Å². The van der Waals surface area contributed by atoms with E-state index < -0.39 is 10.8 Å². The zero-order valence-electron chi connectivity index (χ0n) is 14.3. The summed E-state index contributed by atoms with van der Waals surface area (Å²) in [6.45, 7) is 9.21. The molecule has 1 aromatic rings. The summed E-state index contributed by atoms with van der Waals surface area (Å²) in [5, 5.41) is 12.0. The summed E-state index contributed by atoms with van der Waals surface area (Å²) in [6, 6.07) is 3.62. The molecule has 0 bridgehead atoms. The third kappa shape index (κ3) is 5.39. The average Bonchev–Trinajstić information content (AvgIpc) is 2.46. The first-order chi connectivity index (χ1) is 10.7. The molecule has 0 aliphatic carbocycles. The highest BCUT2D eigenvalue weighted by Crippen LogP contribution is 2.21. The van der Waals surface area contributed by atoms with Gasteiger partial charge in [0.05, 0.1) is 11.3 Å². The summed E-state index contributed by atoms with van der Waals surface area (Å²) >= 11 is 1.18. The fourth-order valence-corrected chi connectivity index (χ4v) is 2.63. The maximum Gasteiger partial charge on any atom is 0.251 e. The molecule has 0 aliphatic heterocycles. The monoisotopic (exact) mass is 336 g/mol. The molecular weight excluding hydrogens is 312 g/mol. The first-order valence-corrected chi connectivity index (χ1v) is 8.60. The normalized spacial score (nSPS) is 14.8. The Kier molecular flexibility index (Phi) is 6.82. The maximum absolute atomic E-state index is 12.3. The average molecular weight is 336 g/mol. The molecule has 6 nitrogen and oxygen atoms in total. The Morgan fingerprint density at radius 3 is 2.70 bits per heavy atom. The Bertz CT molecular complexity index is 650. The number of aromatic amines is 1. The van der Waals surface area contributed by atoms with Gasteiger partial charge >= 0.3 is 0 Å². The van der Waals surface area contributed by atoms with E-state index in [0.717, 1.165) is 18.5 Å². The molecule has 2 atom stereocenters. The third-order valence-electron chi connectivity index (χ3n) is 3.71. The lowest BCUT2D eigenvalue weighted by atomic mass is 9.90. The minimum atomic E-state index is -0.920. The predicted molar refractivity (Wildman–Crippen MR) is 91.2 cm³/mol.